The lowest BCUT2D eigenvalue weighted by atomic mass is 10.5. The van der Waals surface area contributed by atoms with E-state index in [4.69, 9.17) is 16.7 Å². The van der Waals surface area contributed by atoms with Gasteiger partial charge in [0.1, 0.15) is 15.6 Å². The number of hydrogen-bond donors (Lipinski definition) is 2. The third kappa shape index (κ3) is 3.00. The van der Waals surface area contributed by atoms with Crippen molar-refractivity contribution in [2.45, 2.75) is 4.90 Å². The minimum atomic E-state index is -4.03. The lowest BCUT2D eigenvalue weighted by Crippen LogP contribution is -2.16. The Morgan fingerprint density at radius 1 is 1.42 bits per heavy atom. The summed E-state index contributed by atoms with van der Waals surface area (Å²) in [5.74, 6) is -1.35. The molecule has 0 spiro atoms. The number of rotatable bonds is 4. The van der Waals surface area contributed by atoms with E-state index in [9.17, 15) is 13.2 Å². The van der Waals surface area contributed by atoms with Crippen LogP contribution in [0.5, 0.6) is 0 Å². The fourth-order valence-electron chi connectivity index (χ4n) is 1.25. The fourth-order valence-corrected chi connectivity index (χ4v) is 3.66. The van der Waals surface area contributed by atoms with Crippen LogP contribution in [0, 0.1) is 0 Å². The maximum atomic E-state index is 12.0. The Kier molecular flexibility index (Phi) is 3.69. The molecule has 0 bridgehead atoms. The first-order valence-electron chi connectivity index (χ1n) is 4.72. The number of hydrogen-bond acceptors (Lipinski definition) is 6. The lowest BCUT2D eigenvalue weighted by molar-refractivity contribution is 0.0698. The van der Waals surface area contributed by atoms with E-state index in [1.165, 1.54) is 23.7 Å². The molecule has 0 unspecified atom stereocenters. The molecule has 0 radical (unpaired) electrons. The largest absolute Gasteiger partial charge is 0.477 e. The average Bonchev–Trinajstić information content (AvgIpc) is 2.77. The van der Waals surface area contributed by atoms with E-state index in [1.54, 1.807) is 0 Å². The molecule has 0 aliphatic carbocycles. The zero-order valence-corrected chi connectivity index (χ0v) is 11.5. The predicted octanol–water partition coefficient (Wildman–Crippen LogP) is 1.69. The molecule has 0 saturated carbocycles. The van der Waals surface area contributed by atoms with Crippen LogP contribution in [0.2, 0.25) is 5.28 Å². The van der Waals surface area contributed by atoms with Crippen molar-refractivity contribution < 1.29 is 18.3 Å². The van der Waals surface area contributed by atoms with Crippen molar-refractivity contribution in [3.63, 3.8) is 0 Å². The third-order valence-corrected chi connectivity index (χ3v) is 4.59. The molecule has 0 aliphatic heterocycles. The van der Waals surface area contributed by atoms with Crippen LogP contribution >= 0.6 is 22.9 Å². The Labute approximate surface area is 117 Å². The molecule has 100 valence electrons. The minimum absolute atomic E-state index is 0.0393. The Morgan fingerprint density at radius 3 is 2.79 bits per heavy atom. The minimum Gasteiger partial charge on any atom is -0.477 e. The van der Waals surface area contributed by atoms with Crippen molar-refractivity contribution in [3.05, 3.63) is 33.9 Å². The summed E-state index contributed by atoms with van der Waals surface area (Å²) in [5.41, 5.74) is 0. The van der Waals surface area contributed by atoms with Gasteiger partial charge in [0.05, 0.1) is 0 Å². The number of nitrogens with one attached hydrogen (secondary N) is 1. The summed E-state index contributed by atoms with van der Waals surface area (Å²) in [5, 5.41) is 10.2. The summed E-state index contributed by atoms with van der Waals surface area (Å²) in [4.78, 5) is 17.6. The van der Waals surface area contributed by atoms with Crippen molar-refractivity contribution in [1.29, 1.82) is 0 Å². The highest BCUT2D eigenvalue weighted by Crippen LogP contribution is 2.23. The first kappa shape index (κ1) is 13.7. The molecule has 2 aromatic rings. The molecule has 0 atom stereocenters. The van der Waals surface area contributed by atoms with Crippen LogP contribution in [0.15, 0.2) is 28.6 Å². The van der Waals surface area contributed by atoms with Gasteiger partial charge in [-0.05, 0) is 29.1 Å². The standard InChI is InChI=1S/C9H6ClN3O4S2/c10-9-11-3-1-6(12-9)13-19(16,17)5-2-4-18-7(5)8(14)15/h1-4H,(H,14,15)(H,11,12,13). The monoisotopic (exact) mass is 319 g/mol. The van der Waals surface area contributed by atoms with Gasteiger partial charge in [-0.1, -0.05) is 0 Å². The number of carboxylic acid groups (broad SMARTS) is 1. The fraction of sp³-hybridized carbons (Fsp3) is 0. The number of carboxylic acids is 1. The van der Waals surface area contributed by atoms with Crippen molar-refractivity contribution in [2.24, 2.45) is 0 Å². The molecule has 19 heavy (non-hydrogen) atoms. The van der Waals surface area contributed by atoms with Crippen molar-refractivity contribution in [1.82, 2.24) is 9.97 Å². The molecule has 7 nitrogen and oxygen atoms in total. The summed E-state index contributed by atoms with van der Waals surface area (Å²) in [6, 6.07) is 2.51. The van der Waals surface area contributed by atoms with Crippen molar-refractivity contribution in [2.75, 3.05) is 4.72 Å². The van der Waals surface area contributed by atoms with Gasteiger partial charge in [0.2, 0.25) is 5.28 Å². The van der Waals surface area contributed by atoms with E-state index in [-0.39, 0.29) is 20.9 Å². The first-order chi connectivity index (χ1) is 8.90. The summed E-state index contributed by atoms with van der Waals surface area (Å²) in [7, 11) is -4.03. The Hall–Kier alpha value is -1.71. The number of aromatic nitrogens is 2. The van der Waals surface area contributed by atoms with E-state index in [0.717, 1.165) is 11.3 Å². The van der Waals surface area contributed by atoms with Crippen LogP contribution in [0.3, 0.4) is 0 Å². The van der Waals surface area contributed by atoms with E-state index in [0.29, 0.717) is 0 Å². The zero-order chi connectivity index (χ0) is 14.0. The lowest BCUT2D eigenvalue weighted by Gasteiger charge is -2.06. The summed E-state index contributed by atoms with van der Waals surface area (Å²) >= 11 is 6.35. The topological polar surface area (TPSA) is 109 Å². The Balaban J connectivity index is 2.38. The number of nitrogens with zero attached hydrogens (tertiary/aromatic N) is 2. The average molecular weight is 320 g/mol. The maximum absolute atomic E-state index is 12.0. The van der Waals surface area contributed by atoms with Crippen molar-refractivity contribution >= 4 is 44.7 Å². The highest BCUT2D eigenvalue weighted by Gasteiger charge is 2.24. The second-order valence-electron chi connectivity index (χ2n) is 3.24. The van der Waals surface area contributed by atoms with Gasteiger partial charge in [-0.15, -0.1) is 11.3 Å². The van der Waals surface area contributed by atoms with Gasteiger partial charge in [-0.25, -0.2) is 18.2 Å². The third-order valence-electron chi connectivity index (χ3n) is 1.98. The van der Waals surface area contributed by atoms with Crippen LogP contribution in [-0.2, 0) is 10.0 Å². The van der Waals surface area contributed by atoms with Gasteiger partial charge >= 0.3 is 5.97 Å². The normalized spacial score (nSPS) is 11.2. The second-order valence-corrected chi connectivity index (χ2v) is 6.14. The highest BCUT2D eigenvalue weighted by molar-refractivity contribution is 7.93. The zero-order valence-electron chi connectivity index (χ0n) is 9.07. The number of halogens is 1. The summed E-state index contributed by atoms with van der Waals surface area (Å²) in [6.45, 7) is 0. The Morgan fingerprint density at radius 2 is 2.16 bits per heavy atom. The van der Waals surface area contributed by atoms with E-state index in [2.05, 4.69) is 14.7 Å². The van der Waals surface area contributed by atoms with Gasteiger partial charge in [-0.2, -0.15) is 4.98 Å². The number of aromatic carboxylic acids is 1. The quantitative estimate of drug-likeness (QED) is 0.830. The number of sulfonamides is 1. The molecular weight excluding hydrogens is 314 g/mol. The SMILES string of the molecule is O=C(O)c1sccc1S(=O)(=O)Nc1ccnc(Cl)n1. The molecular formula is C9H6ClN3O4S2. The molecule has 2 aromatic heterocycles. The molecule has 0 aliphatic rings. The van der Waals surface area contributed by atoms with Crippen LogP contribution in [0.25, 0.3) is 0 Å². The van der Waals surface area contributed by atoms with E-state index < -0.39 is 16.0 Å². The molecule has 2 rings (SSSR count). The highest BCUT2D eigenvalue weighted by atomic mass is 35.5. The number of carbonyl (C=O) groups is 1. The predicted molar refractivity (Wildman–Crippen MR) is 69.1 cm³/mol. The first-order valence-corrected chi connectivity index (χ1v) is 7.46. The summed E-state index contributed by atoms with van der Waals surface area (Å²) < 4.78 is 26.2. The number of thiophene rings is 1. The molecule has 0 saturated heterocycles. The smallest absolute Gasteiger partial charge is 0.347 e. The molecule has 0 amide bonds. The second kappa shape index (κ2) is 5.11. The van der Waals surface area contributed by atoms with E-state index >= 15 is 0 Å². The van der Waals surface area contributed by atoms with Gasteiger partial charge in [-0.3, -0.25) is 4.72 Å². The van der Waals surface area contributed by atoms with Crippen LogP contribution in [0.1, 0.15) is 9.67 Å². The van der Waals surface area contributed by atoms with Gasteiger partial charge in [0.15, 0.2) is 0 Å². The van der Waals surface area contributed by atoms with Crippen LogP contribution < -0.4 is 4.72 Å². The van der Waals surface area contributed by atoms with Crippen molar-refractivity contribution in [3.8, 4) is 0 Å². The molecule has 2 heterocycles. The van der Waals surface area contributed by atoms with Gasteiger partial charge in [0.25, 0.3) is 10.0 Å². The van der Waals surface area contributed by atoms with Gasteiger partial charge < -0.3 is 5.11 Å². The van der Waals surface area contributed by atoms with Crippen LogP contribution in [0.4, 0.5) is 5.82 Å². The molecule has 0 aromatic carbocycles. The molecule has 10 heteroatoms. The summed E-state index contributed by atoms with van der Waals surface area (Å²) in [6.07, 6.45) is 1.28. The maximum Gasteiger partial charge on any atom is 0.347 e. The Bertz CT molecular complexity index is 729. The molecule has 0 fully saturated rings. The molecule has 2 N–H and O–H groups in total. The van der Waals surface area contributed by atoms with Crippen LogP contribution in [-0.4, -0.2) is 29.5 Å². The van der Waals surface area contributed by atoms with Gasteiger partial charge in [0, 0.05) is 6.20 Å². The number of anilines is 1. The van der Waals surface area contributed by atoms with E-state index in [1.807, 2.05) is 0 Å².